The van der Waals surface area contributed by atoms with Crippen molar-refractivity contribution in [2.75, 3.05) is 0 Å². The van der Waals surface area contributed by atoms with Gasteiger partial charge >= 0.3 is 0 Å². The first-order valence-electron chi connectivity index (χ1n) is 6.56. The monoisotopic (exact) mass is 220 g/mol. The Morgan fingerprint density at radius 3 is 2.06 bits per heavy atom. The van der Waals surface area contributed by atoms with Crippen molar-refractivity contribution in [1.29, 1.82) is 0 Å². The Bertz CT molecular complexity index is 271. The van der Waals surface area contributed by atoms with Crippen LogP contribution < -0.4 is 0 Å². The van der Waals surface area contributed by atoms with Gasteiger partial charge in [-0.15, -0.1) is 0 Å². The number of aryl methyl sites for hydroxylation is 1. The average Bonchev–Trinajstić information content (AvgIpc) is 2.31. The molecule has 0 atom stereocenters. The number of hydrogen-bond acceptors (Lipinski definition) is 2. The molecule has 0 amide bonds. The SMILES string of the molecule is CCCCC(CCCC)c1cnc(C)cn1. The van der Waals surface area contributed by atoms with Crippen molar-refractivity contribution in [3.63, 3.8) is 0 Å². The standard InChI is InChI=1S/C14H24N2/c1-4-6-8-13(9-7-5-2)14-11-15-12(3)10-16-14/h10-11,13H,4-9H2,1-3H3. The summed E-state index contributed by atoms with van der Waals surface area (Å²) >= 11 is 0. The largest absolute Gasteiger partial charge is 0.258 e. The second-order valence-corrected chi connectivity index (χ2v) is 4.56. The molecule has 0 aliphatic heterocycles. The highest BCUT2D eigenvalue weighted by Crippen LogP contribution is 2.25. The van der Waals surface area contributed by atoms with Gasteiger partial charge in [0.2, 0.25) is 0 Å². The van der Waals surface area contributed by atoms with Crippen LogP contribution in [0.3, 0.4) is 0 Å². The summed E-state index contributed by atoms with van der Waals surface area (Å²) in [4.78, 5) is 8.88. The van der Waals surface area contributed by atoms with E-state index in [1.807, 2.05) is 19.3 Å². The van der Waals surface area contributed by atoms with Crippen molar-refractivity contribution in [3.8, 4) is 0 Å². The molecule has 1 aromatic heterocycles. The molecule has 0 spiro atoms. The highest BCUT2D eigenvalue weighted by molar-refractivity contribution is 5.06. The van der Waals surface area contributed by atoms with Gasteiger partial charge in [0.25, 0.3) is 0 Å². The van der Waals surface area contributed by atoms with E-state index in [0.29, 0.717) is 5.92 Å². The van der Waals surface area contributed by atoms with E-state index in [4.69, 9.17) is 0 Å². The van der Waals surface area contributed by atoms with Gasteiger partial charge in [0.15, 0.2) is 0 Å². The lowest BCUT2D eigenvalue weighted by molar-refractivity contribution is 0.513. The molecule has 90 valence electrons. The maximum Gasteiger partial charge on any atom is 0.0617 e. The first-order valence-corrected chi connectivity index (χ1v) is 6.56. The Kier molecular flexibility index (Phi) is 6.05. The molecule has 0 radical (unpaired) electrons. The van der Waals surface area contributed by atoms with E-state index in [9.17, 15) is 0 Å². The molecule has 0 aromatic carbocycles. The molecule has 0 saturated carbocycles. The van der Waals surface area contributed by atoms with E-state index in [0.717, 1.165) is 5.69 Å². The van der Waals surface area contributed by atoms with Gasteiger partial charge in [-0.1, -0.05) is 39.5 Å². The van der Waals surface area contributed by atoms with Crippen LogP contribution in [0.2, 0.25) is 0 Å². The van der Waals surface area contributed by atoms with Crippen LogP contribution in [0.25, 0.3) is 0 Å². The zero-order chi connectivity index (χ0) is 11.8. The fraction of sp³-hybridized carbons (Fsp3) is 0.714. The lowest BCUT2D eigenvalue weighted by Crippen LogP contribution is -2.03. The summed E-state index contributed by atoms with van der Waals surface area (Å²) in [6.07, 6.45) is 11.5. The average molecular weight is 220 g/mol. The van der Waals surface area contributed by atoms with Gasteiger partial charge in [0.05, 0.1) is 11.4 Å². The summed E-state index contributed by atoms with van der Waals surface area (Å²) in [5, 5.41) is 0. The molecule has 1 heterocycles. The lowest BCUT2D eigenvalue weighted by atomic mass is 9.93. The van der Waals surface area contributed by atoms with Crippen molar-refractivity contribution in [1.82, 2.24) is 9.97 Å². The number of nitrogens with zero attached hydrogens (tertiary/aromatic N) is 2. The van der Waals surface area contributed by atoms with Crippen molar-refractivity contribution in [2.24, 2.45) is 0 Å². The van der Waals surface area contributed by atoms with E-state index >= 15 is 0 Å². The van der Waals surface area contributed by atoms with E-state index in [-0.39, 0.29) is 0 Å². The molecule has 0 aliphatic rings. The lowest BCUT2D eigenvalue weighted by Gasteiger charge is -2.15. The second-order valence-electron chi connectivity index (χ2n) is 4.56. The van der Waals surface area contributed by atoms with E-state index in [1.54, 1.807) is 0 Å². The van der Waals surface area contributed by atoms with E-state index < -0.39 is 0 Å². The van der Waals surface area contributed by atoms with Crippen molar-refractivity contribution < 1.29 is 0 Å². The Morgan fingerprint density at radius 2 is 1.62 bits per heavy atom. The summed E-state index contributed by atoms with van der Waals surface area (Å²) in [7, 11) is 0. The second kappa shape index (κ2) is 7.37. The summed E-state index contributed by atoms with van der Waals surface area (Å²) < 4.78 is 0. The van der Waals surface area contributed by atoms with Crippen LogP contribution in [0.1, 0.15) is 69.7 Å². The van der Waals surface area contributed by atoms with Crippen LogP contribution in [0, 0.1) is 6.92 Å². The minimum atomic E-state index is 0.619. The molecule has 0 aliphatic carbocycles. The summed E-state index contributed by atoms with van der Waals surface area (Å²) in [6.45, 7) is 6.49. The molecule has 2 nitrogen and oxygen atoms in total. The molecular formula is C14H24N2. The molecule has 0 N–H and O–H groups in total. The molecule has 0 fully saturated rings. The Hall–Kier alpha value is -0.920. The molecule has 0 bridgehead atoms. The maximum absolute atomic E-state index is 4.52. The minimum absolute atomic E-state index is 0.619. The molecule has 1 rings (SSSR count). The summed E-state index contributed by atoms with van der Waals surface area (Å²) in [6, 6.07) is 0. The van der Waals surface area contributed by atoms with Gasteiger partial charge in [0.1, 0.15) is 0 Å². The Balaban J connectivity index is 2.62. The molecule has 16 heavy (non-hydrogen) atoms. The van der Waals surface area contributed by atoms with Gasteiger partial charge in [-0.2, -0.15) is 0 Å². The number of unbranched alkanes of at least 4 members (excludes halogenated alkanes) is 2. The highest BCUT2D eigenvalue weighted by Gasteiger charge is 2.12. The van der Waals surface area contributed by atoms with Gasteiger partial charge in [-0.3, -0.25) is 9.97 Å². The third-order valence-electron chi connectivity index (χ3n) is 3.03. The fourth-order valence-electron chi connectivity index (χ4n) is 1.95. The van der Waals surface area contributed by atoms with Gasteiger partial charge in [-0.05, 0) is 19.8 Å². The smallest absolute Gasteiger partial charge is 0.0617 e. The third kappa shape index (κ3) is 4.30. The van der Waals surface area contributed by atoms with Crippen molar-refractivity contribution >= 4 is 0 Å². The zero-order valence-corrected chi connectivity index (χ0v) is 10.9. The Labute approximate surface area is 99.5 Å². The summed E-state index contributed by atoms with van der Waals surface area (Å²) in [5.41, 5.74) is 2.20. The maximum atomic E-state index is 4.52. The van der Waals surface area contributed by atoms with Gasteiger partial charge in [0, 0.05) is 18.3 Å². The molecule has 0 saturated heterocycles. The van der Waals surface area contributed by atoms with E-state index in [1.165, 1.54) is 44.2 Å². The first-order chi connectivity index (χ1) is 7.77. The van der Waals surface area contributed by atoms with Gasteiger partial charge in [-0.25, -0.2) is 0 Å². The number of hydrogen-bond donors (Lipinski definition) is 0. The van der Waals surface area contributed by atoms with Crippen LogP contribution in [0.4, 0.5) is 0 Å². The normalized spacial score (nSPS) is 11.0. The predicted molar refractivity (Wildman–Crippen MR) is 68.6 cm³/mol. The molecular weight excluding hydrogens is 196 g/mol. The topological polar surface area (TPSA) is 25.8 Å². The van der Waals surface area contributed by atoms with Gasteiger partial charge < -0.3 is 0 Å². The van der Waals surface area contributed by atoms with Crippen molar-refractivity contribution in [3.05, 3.63) is 23.8 Å². The molecule has 1 aromatic rings. The van der Waals surface area contributed by atoms with Crippen molar-refractivity contribution in [2.45, 2.75) is 65.2 Å². The quantitative estimate of drug-likeness (QED) is 0.686. The van der Waals surface area contributed by atoms with Crippen LogP contribution in [0.5, 0.6) is 0 Å². The zero-order valence-electron chi connectivity index (χ0n) is 10.9. The summed E-state index contributed by atoms with van der Waals surface area (Å²) in [5.74, 6) is 0.619. The molecule has 2 heteroatoms. The number of rotatable bonds is 7. The van der Waals surface area contributed by atoms with Crippen LogP contribution in [-0.2, 0) is 0 Å². The third-order valence-corrected chi connectivity index (χ3v) is 3.03. The minimum Gasteiger partial charge on any atom is -0.258 e. The van der Waals surface area contributed by atoms with E-state index in [2.05, 4.69) is 23.8 Å². The predicted octanol–water partition coefficient (Wildman–Crippen LogP) is 4.25. The fourth-order valence-corrected chi connectivity index (χ4v) is 1.95. The Morgan fingerprint density at radius 1 is 1.00 bits per heavy atom. The highest BCUT2D eigenvalue weighted by atomic mass is 14.8. The first kappa shape index (κ1) is 13.1. The molecule has 0 unspecified atom stereocenters. The van der Waals surface area contributed by atoms with Crippen LogP contribution in [-0.4, -0.2) is 9.97 Å². The van der Waals surface area contributed by atoms with Crippen LogP contribution in [0.15, 0.2) is 12.4 Å². The number of aromatic nitrogens is 2. The van der Waals surface area contributed by atoms with Crippen LogP contribution >= 0.6 is 0 Å².